The quantitative estimate of drug-likeness (QED) is 0.770. The van der Waals surface area contributed by atoms with Crippen molar-refractivity contribution in [2.75, 3.05) is 0 Å². The van der Waals surface area contributed by atoms with Crippen LogP contribution in [0.15, 0.2) is 0 Å². The van der Waals surface area contributed by atoms with Crippen LogP contribution in [0.5, 0.6) is 0 Å². The van der Waals surface area contributed by atoms with Crippen molar-refractivity contribution in [1.29, 1.82) is 5.26 Å². The number of rotatable bonds is 1. The molecule has 4 saturated carbocycles. The molecular formula is C15H20N2O. The molecular weight excluding hydrogens is 224 g/mol. The number of nitrogens with zero attached hydrogens (tertiary/aromatic N) is 1. The molecule has 1 amide bonds. The molecule has 18 heavy (non-hydrogen) atoms. The van der Waals surface area contributed by atoms with Crippen LogP contribution in [0.25, 0.3) is 0 Å². The molecule has 0 radical (unpaired) electrons. The summed E-state index contributed by atoms with van der Waals surface area (Å²) in [4.78, 5) is 11.6. The van der Waals surface area contributed by atoms with Crippen molar-refractivity contribution < 1.29 is 4.79 Å². The molecule has 3 nitrogen and oxygen atoms in total. The van der Waals surface area contributed by atoms with Crippen molar-refractivity contribution in [3.63, 3.8) is 0 Å². The topological polar surface area (TPSA) is 52.9 Å². The lowest BCUT2D eigenvalue weighted by Gasteiger charge is -2.61. The molecule has 1 atom stereocenters. The minimum Gasteiger partial charge on any atom is -0.337 e. The van der Waals surface area contributed by atoms with E-state index in [1.165, 1.54) is 38.5 Å². The second-order valence-corrected chi connectivity index (χ2v) is 7.26. The molecule has 0 aromatic carbocycles. The maximum absolute atomic E-state index is 11.6. The summed E-state index contributed by atoms with van der Waals surface area (Å²) in [5, 5.41) is 12.8. The van der Waals surface area contributed by atoms with E-state index in [0.29, 0.717) is 6.42 Å². The van der Waals surface area contributed by atoms with Crippen molar-refractivity contribution in [1.82, 2.24) is 5.32 Å². The lowest BCUT2D eigenvalue weighted by Crippen LogP contribution is -2.62. The Balaban J connectivity index is 1.75. The smallest absolute Gasteiger partial charge is 0.221 e. The Morgan fingerprint density at radius 1 is 1.11 bits per heavy atom. The number of hydrogen-bond donors (Lipinski definition) is 1. The number of amides is 1. The van der Waals surface area contributed by atoms with Gasteiger partial charge in [0.15, 0.2) is 0 Å². The summed E-state index contributed by atoms with van der Waals surface area (Å²) in [6.45, 7) is 0. The summed E-state index contributed by atoms with van der Waals surface area (Å²) in [6, 6.07) is 2.53. The second-order valence-electron chi connectivity index (χ2n) is 7.26. The van der Waals surface area contributed by atoms with Crippen molar-refractivity contribution in [3.05, 3.63) is 0 Å². The van der Waals surface area contributed by atoms with E-state index in [2.05, 4.69) is 11.4 Å². The van der Waals surface area contributed by atoms with Gasteiger partial charge in [0.2, 0.25) is 5.91 Å². The lowest BCUT2D eigenvalue weighted by atomic mass is 9.44. The third-order valence-corrected chi connectivity index (χ3v) is 6.21. The van der Waals surface area contributed by atoms with E-state index < -0.39 is 5.54 Å². The number of nitriles is 1. The van der Waals surface area contributed by atoms with Gasteiger partial charge in [0.1, 0.15) is 5.54 Å². The second kappa shape index (κ2) is 3.29. The Bertz CT molecular complexity index is 415. The van der Waals surface area contributed by atoms with Gasteiger partial charge in [-0.15, -0.1) is 0 Å². The first kappa shape index (κ1) is 10.8. The molecule has 3 heteroatoms. The molecule has 0 spiro atoms. The highest BCUT2D eigenvalue weighted by molar-refractivity contribution is 5.80. The van der Waals surface area contributed by atoms with Crippen molar-refractivity contribution in [2.24, 2.45) is 23.2 Å². The third-order valence-electron chi connectivity index (χ3n) is 6.21. The summed E-state index contributed by atoms with van der Waals surface area (Å²) in [5.74, 6) is 2.59. The van der Waals surface area contributed by atoms with Crippen LogP contribution >= 0.6 is 0 Å². The Kier molecular flexibility index (Phi) is 1.98. The first-order valence-corrected chi connectivity index (χ1v) is 7.37. The van der Waals surface area contributed by atoms with Gasteiger partial charge in [0.25, 0.3) is 0 Å². The van der Waals surface area contributed by atoms with Gasteiger partial charge in [0.05, 0.1) is 6.07 Å². The van der Waals surface area contributed by atoms with Crippen LogP contribution in [0.2, 0.25) is 0 Å². The molecule has 0 aromatic heterocycles. The highest BCUT2D eigenvalue weighted by Crippen LogP contribution is 2.64. The Morgan fingerprint density at radius 2 is 1.67 bits per heavy atom. The molecule has 0 aromatic rings. The Hall–Kier alpha value is -1.04. The van der Waals surface area contributed by atoms with Gasteiger partial charge in [0, 0.05) is 11.8 Å². The highest BCUT2D eigenvalue weighted by atomic mass is 16.2. The minimum absolute atomic E-state index is 0.0901. The fraction of sp³-hybridized carbons (Fsp3) is 0.867. The highest BCUT2D eigenvalue weighted by Gasteiger charge is 2.62. The van der Waals surface area contributed by atoms with Gasteiger partial charge < -0.3 is 5.32 Å². The molecule has 96 valence electrons. The standard InChI is InChI=1S/C15H20N2O/c16-9-15(2-1-13(18)17-15)14-6-10-3-11(7-14)5-12(4-10)8-14/h10-12H,1-8H2,(H,17,18). The monoisotopic (exact) mass is 244 g/mol. The molecule has 1 heterocycles. The zero-order chi connectivity index (χ0) is 12.4. The molecule has 1 saturated heterocycles. The van der Waals surface area contributed by atoms with Gasteiger partial charge in [-0.3, -0.25) is 4.79 Å². The van der Waals surface area contributed by atoms with Crippen molar-refractivity contribution in [2.45, 2.75) is 56.9 Å². The summed E-state index contributed by atoms with van der Waals surface area (Å²) < 4.78 is 0. The first-order chi connectivity index (χ1) is 8.65. The number of carbonyl (C=O) groups excluding carboxylic acids is 1. The molecule has 5 aliphatic rings. The van der Waals surface area contributed by atoms with Crippen LogP contribution in [0.1, 0.15) is 51.4 Å². The SMILES string of the molecule is N#CC1(C23CC4CC(CC(C4)C2)C3)CCC(=O)N1. The Labute approximate surface area is 108 Å². The van der Waals surface area contributed by atoms with Gasteiger partial charge in [-0.1, -0.05) is 0 Å². The number of nitrogens with one attached hydrogen (secondary N) is 1. The van der Waals surface area contributed by atoms with Crippen LogP contribution in [-0.4, -0.2) is 11.4 Å². The summed E-state index contributed by atoms with van der Waals surface area (Å²) in [6.07, 6.45) is 9.01. The van der Waals surface area contributed by atoms with Gasteiger partial charge in [-0.25, -0.2) is 0 Å². The summed E-state index contributed by atoms with van der Waals surface area (Å²) in [7, 11) is 0. The number of carbonyl (C=O) groups is 1. The maximum Gasteiger partial charge on any atom is 0.221 e. The van der Waals surface area contributed by atoms with Crippen LogP contribution in [0, 0.1) is 34.5 Å². The zero-order valence-electron chi connectivity index (χ0n) is 10.7. The predicted octanol–water partition coefficient (Wildman–Crippen LogP) is 2.38. The van der Waals surface area contributed by atoms with Crippen LogP contribution in [0.3, 0.4) is 0 Å². The molecule has 1 N–H and O–H groups in total. The zero-order valence-corrected chi connectivity index (χ0v) is 10.7. The maximum atomic E-state index is 11.6. The fourth-order valence-corrected chi connectivity index (χ4v) is 5.90. The molecule has 5 rings (SSSR count). The normalized spacial score (nSPS) is 53.3. The van der Waals surface area contributed by atoms with E-state index >= 15 is 0 Å². The van der Waals surface area contributed by atoms with Gasteiger partial charge in [-0.05, 0) is 62.7 Å². The number of hydrogen-bond acceptors (Lipinski definition) is 2. The van der Waals surface area contributed by atoms with E-state index in [9.17, 15) is 10.1 Å². The Morgan fingerprint density at radius 3 is 2.06 bits per heavy atom. The van der Waals surface area contributed by atoms with Crippen LogP contribution < -0.4 is 5.32 Å². The average molecular weight is 244 g/mol. The van der Waals surface area contributed by atoms with E-state index in [1.807, 2.05) is 0 Å². The van der Waals surface area contributed by atoms with Crippen LogP contribution in [0.4, 0.5) is 0 Å². The fourth-order valence-electron chi connectivity index (χ4n) is 5.90. The summed E-state index contributed by atoms with van der Waals surface area (Å²) >= 11 is 0. The van der Waals surface area contributed by atoms with Gasteiger partial charge in [-0.2, -0.15) is 5.26 Å². The largest absolute Gasteiger partial charge is 0.337 e. The van der Waals surface area contributed by atoms with E-state index in [4.69, 9.17) is 0 Å². The third kappa shape index (κ3) is 1.22. The van der Waals surface area contributed by atoms with E-state index in [-0.39, 0.29) is 11.3 Å². The van der Waals surface area contributed by atoms with E-state index in [1.54, 1.807) is 0 Å². The molecule has 5 fully saturated rings. The van der Waals surface area contributed by atoms with Crippen LogP contribution in [-0.2, 0) is 4.79 Å². The van der Waals surface area contributed by atoms with E-state index in [0.717, 1.165) is 24.2 Å². The minimum atomic E-state index is -0.528. The first-order valence-electron chi connectivity index (χ1n) is 7.37. The molecule has 4 aliphatic carbocycles. The summed E-state index contributed by atoms with van der Waals surface area (Å²) in [5.41, 5.74) is -0.414. The predicted molar refractivity (Wildman–Crippen MR) is 66.3 cm³/mol. The molecule has 1 aliphatic heterocycles. The van der Waals surface area contributed by atoms with Crippen molar-refractivity contribution in [3.8, 4) is 6.07 Å². The van der Waals surface area contributed by atoms with Gasteiger partial charge >= 0.3 is 0 Å². The average Bonchev–Trinajstić information content (AvgIpc) is 2.71. The van der Waals surface area contributed by atoms with Crippen molar-refractivity contribution >= 4 is 5.91 Å². The molecule has 4 bridgehead atoms. The lowest BCUT2D eigenvalue weighted by molar-refractivity contribution is -0.123. The molecule has 1 unspecified atom stereocenters.